The number of ether oxygens (including phenoxy) is 3. The highest BCUT2D eigenvalue weighted by Crippen LogP contribution is 2.24. The van der Waals surface area contributed by atoms with Gasteiger partial charge in [0.05, 0.1) is 31.2 Å². The Bertz CT molecular complexity index is 1320. The summed E-state index contributed by atoms with van der Waals surface area (Å²) in [4.78, 5) is 21.4. The Morgan fingerprint density at radius 1 is 0.634 bits per heavy atom. The minimum atomic E-state index is -0.400. The quantitative estimate of drug-likeness (QED) is 0.0789. The molecule has 3 aromatic carbocycles. The van der Waals surface area contributed by atoms with Crippen LogP contribution < -0.4 is 14.2 Å². The van der Waals surface area contributed by atoms with Crippen molar-refractivity contribution in [2.24, 2.45) is 0 Å². The largest absolute Gasteiger partial charge is 0.494 e. The third-order valence-corrected chi connectivity index (χ3v) is 6.80. The van der Waals surface area contributed by atoms with Crippen LogP contribution in [0.1, 0.15) is 73.6 Å². The van der Waals surface area contributed by atoms with Crippen LogP contribution in [-0.4, -0.2) is 29.2 Å². The molecule has 0 N–H and O–H groups in total. The van der Waals surface area contributed by atoms with E-state index in [0.717, 1.165) is 54.1 Å². The third-order valence-electron chi connectivity index (χ3n) is 6.80. The third kappa shape index (κ3) is 10.1. The van der Waals surface area contributed by atoms with Gasteiger partial charge in [0.2, 0.25) is 0 Å². The Hall–Kier alpha value is -4.19. The van der Waals surface area contributed by atoms with Crippen molar-refractivity contribution in [1.29, 1.82) is 0 Å². The lowest BCUT2D eigenvalue weighted by Crippen LogP contribution is -2.08. The molecular formula is C35H40N2O4. The first-order chi connectivity index (χ1) is 20.1. The first kappa shape index (κ1) is 29.8. The van der Waals surface area contributed by atoms with Crippen molar-refractivity contribution in [3.63, 3.8) is 0 Å². The predicted molar refractivity (Wildman–Crippen MR) is 163 cm³/mol. The number of hydrogen-bond acceptors (Lipinski definition) is 6. The molecule has 0 aliphatic rings. The molecule has 41 heavy (non-hydrogen) atoms. The summed E-state index contributed by atoms with van der Waals surface area (Å²) >= 11 is 0. The van der Waals surface area contributed by atoms with Crippen molar-refractivity contribution >= 4 is 5.97 Å². The number of nitrogens with zero attached hydrogens (tertiary/aromatic N) is 2. The van der Waals surface area contributed by atoms with Crippen LogP contribution in [0.25, 0.3) is 11.1 Å². The lowest BCUT2D eigenvalue weighted by molar-refractivity contribution is 0.0734. The highest BCUT2D eigenvalue weighted by Gasteiger charge is 2.09. The summed E-state index contributed by atoms with van der Waals surface area (Å²) in [5.74, 6) is 2.37. The molecule has 0 spiro atoms. The van der Waals surface area contributed by atoms with Crippen molar-refractivity contribution in [3.05, 3.63) is 102 Å². The molecule has 0 fully saturated rings. The number of aryl methyl sites for hydroxylation is 2. The van der Waals surface area contributed by atoms with Crippen LogP contribution in [0.4, 0.5) is 0 Å². The summed E-state index contributed by atoms with van der Waals surface area (Å²) in [5.41, 5.74) is 3.89. The molecule has 0 unspecified atom stereocenters. The van der Waals surface area contributed by atoms with E-state index in [1.165, 1.54) is 31.2 Å². The summed E-state index contributed by atoms with van der Waals surface area (Å²) in [7, 11) is 0. The van der Waals surface area contributed by atoms with Gasteiger partial charge in [-0.1, -0.05) is 74.6 Å². The van der Waals surface area contributed by atoms with Crippen LogP contribution in [0, 0.1) is 6.92 Å². The normalized spacial score (nSPS) is 10.8. The zero-order chi connectivity index (χ0) is 28.7. The van der Waals surface area contributed by atoms with E-state index in [1.54, 1.807) is 36.7 Å². The molecule has 0 aliphatic heterocycles. The van der Waals surface area contributed by atoms with E-state index in [4.69, 9.17) is 14.2 Å². The number of rotatable bonds is 16. The average Bonchev–Trinajstić information content (AvgIpc) is 3.00. The molecule has 0 bridgehead atoms. The first-order valence-electron chi connectivity index (χ1n) is 14.7. The first-order valence-corrected chi connectivity index (χ1v) is 14.7. The Labute approximate surface area is 243 Å². The van der Waals surface area contributed by atoms with E-state index in [2.05, 4.69) is 48.1 Å². The van der Waals surface area contributed by atoms with Crippen LogP contribution in [0.15, 0.2) is 85.2 Å². The van der Waals surface area contributed by atoms with Gasteiger partial charge in [0.15, 0.2) is 5.75 Å². The average molecular weight is 553 g/mol. The van der Waals surface area contributed by atoms with Crippen LogP contribution >= 0.6 is 0 Å². The zero-order valence-corrected chi connectivity index (χ0v) is 24.2. The predicted octanol–water partition coefficient (Wildman–Crippen LogP) is 8.42. The lowest BCUT2D eigenvalue weighted by atomic mass is 10.0. The van der Waals surface area contributed by atoms with E-state index < -0.39 is 5.97 Å². The van der Waals surface area contributed by atoms with Gasteiger partial charge in [0.1, 0.15) is 17.3 Å². The summed E-state index contributed by atoms with van der Waals surface area (Å²) in [6.45, 7) is 5.58. The Balaban J connectivity index is 1.12. The molecule has 0 amide bonds. The number of carbonyl (C=O) groups excluding carboxylic acids is 1. The van der Waals surface area contributed by atoms with Crippen LogP contribution in [0.5, 0.6) is 17.2 Å². The molecule has 4 aromatic rings. The van der Waals surface area contributed by atoms with E-state index in [1.807, 2.05) is 24.3 Å². The summed E-state index contributed by atoms with van der Waals surface area (Å²) in [5, 5.41) is 0. The molecule has 0 saturated heterocycles. The fourth-order valence-corrected chi connectivity index (χ4v) is 4.33. The van der Waals surface area contributed by atoms with E-state index in [0.29, 0.717) is 24.5 Å². The maximum atomic E-state index is 12.6. The number of esters is 1. The standard InChI is InChI=1S/C35H40N2O4/c1-3-4-5-6-8-23-40-33-25-36-34(37-26-33)10-7-9-24-39-31-19-17-30(18-20-31)35(38)41-32-21-15-29(16-22-32)28-13-11-27(2)12-14-28/h11-22,25-26H,3-10,23-24H2,1-2H3. The molecule has 0 aliphatic carbocycles. The van der Waals surface area contributed by atoms with Gasteiger partial charge in [-0.2, -0.15) is 0 Å². The second kappa shape index (κ2) is 16.2. The number of unbranched alkanes of at least 4 members (excludes halogenated alkanes) is 5. The molecule has 1 heterocycles. The fourth-order valence-electron chi connectivity index (χ4n) is 4.33. The summed E-state index contributed by atoms with van der Waals surface area (Å²) in [6, 6.07) is 22.9. The van der Waals surface area contributed by atoms with E-state index in [-0.39, 0.29) is 0 Å². The van der Waals surface area contributed by atoms with Gasteiger partial charge in [-0.05, 0) is 73.7 Å². The molecule has 0 atom stereocenters. The molecular weight excluding hydrogens is 512 g/mol. The molecule has 0 radical (unpaired) electrons. The SMILES string of the molecule is CCCCCCCOc1cnc(CCCCOc2ccc(C(=O)Oc3ccc(-c4ccc(C)cc4)cc3)cc2)nc1. The number of aromatic nitrogens is 2. The highest BCUT2D eigenvalue weighted by molar-refractivity contribution is 5.91. The smallest absolute Gasteiger partial charge is 0.343 e. The van der Waals surface area contributed by atoms with E-state index in [9.17, 15) is 4.79 Å². The maximum absolute atomic E-state index is 12.6. The summed E-state index contributed by atoms with van der Waals surface area (Å²) in [6.07, 6.45) is 12.2. The van der Waals surface area contributed by atoms with Gasteiger partial charge in [-0.3, -0.25) is 0 Å². The highest BCUT2D eigenvalue weighted by atomic mass is 16.5. The minimum Gasteiger partial charge on any atom is -0.494 e. The Kier molecular flexibility index (Phi) is 11.7. The molecule has 0 saturated carbocycles. The van der Waals surface area contributed by atoms with Crippen molar-refractivity contribution < 1.29 is 19.0 Å². The topological polar surface area (TPSA) is 70.5 Å². The monoisotopic (exact) mass is 552 g/mol. The molecule has 6 heteroatoms. The summed E-state index contributed by atoms with van der Waals surface area (Å²) < 4.78 is 17.1. The van der Waals surface area contributed by atoms with Crippen LogP contribution in [0.2, 0.25) is 0 Å². The number of carbonyl (C=O) groups is 1. The van der Waals surface area contributed by atoms with Gasteiger partial charge in [-0.15, -0.1) is 0 Å². The Morgan fingerprint density at radius 3 is 1.85 bits per heavy atom. The maximum Gasteiger partial charge on any atom is 0.343 e. The fraction of sp³-hybridized carbons (Fsp3) is 0.343. The molecule has 4 rings (SSSR count). The Morgan fingerprint density at radius 2 is 1.20 bits per heavy atom. The van der Waals surface area contributed by atoms with Gasteiger partial charge in [0, 0.05) is 6.42 Å². The van der Waals surface area contributed by atoms with Gasteiger partial charge in [-0.25, -0.2) is 14.8 Å². The van der Waals surface area contributed by atoms with Gasteiger partial charge >= 0.3 is 5.97 Å². The van der Waals surface area contributed by atoms with Crippen LogP contribution in [-0.2, 0) is 6.42 Å². The van der Waals surface area contributed by atoms with Crippen molar-refractivity contribution in [2.75, 3.05) is 13.2 Å². The second-order valence-electron chi connectivity index (χ2n) is 10.2. The minimum absolute atomic E-state index is 0.400. The molecule has 6 nitrogen and oxygen atoms in total. The molecule has 214 valence electrons. The van der Waals surface area contributed by atoms with E-state index >= 15 is 0 Å². The van der Waals surface area contributed by atoms with Crippen LogP contribution in [0.3, 0.4) is 0 Å². The molecule has 1 aromatic heterocycles. The second-order valence-corrected chi connectivity index (χ2v) is 10.2. The number of hydrogen-bond donors (Lipinski definition) is 0. The number of benzene rings is 3. The van der Waals surface area contributed by atoms with Gasteiger partial charge in [0.25, 0.3) is 0 Å². The van der Waals surface area contributed by atoms with Crippen molar-refractivity contribution in [3.8, 4) is 28.4 Å². The van der Waals surface area contributed by atoms with Gasteiger partial charge < -0.3 is 14.2 Å². The zero-order valence-electron chi connectivity index (χ0n) is 24.2. The lowest BCUT2D eigenvalue weighted by Gasteiger charge is -2.09. The van der Waals surface area contributed by atoms with Crippen molar-refractivity contribution in [2.45, 2.75) is 65.2 Å². The van der Waals surface area contributed by atoms with Crippen molar-refractivity contribution in [1.82, 2.24) is 9.97 Å².